The van der Waals surface area contributed by atoms with Crippen molar-refractivity contribution in [3.63, 3.8) is 0 Å². The normalized spacial score (nSPS) is 15.3. The van der Waals surface area contributed by atoms with Crippen LogP contribution in [0.2, 0.25) is 0 Å². The number of fused-ring (bicyclic) bond motifs is 1. The van der Waals surface area contributed by atoms with E-state index < -0.39 is 12.0 Å². The van der Waals surface area contributed by atoms with Crippen LogP contribution in [-0.2, 0) is 9.53 Å². The molecule has 0 spiro atoms. The first-order valence-electron chi connectivity index (χ1n) is 11.1. The number of anilines is 1. The van der Waals surface area contributed by atoms with Gasteiger partial charge in [-0.05, 0) is 67.7 Å². The molecule has 180 valence electrons. The predicted molar refractivity (Wildman–Crippen MR) is 133 cm³/mol. The lowest BCUT2D eigenvalue weighted by atomic mass is 9.95. The second-order valence-electron chi connectivity index (χ2n) is 7.85. The number of thioether (sulfide) groups is 1. The van der Waals surface area contributed by atoms with E-state index in [1.807, 2.05) is 39.8 Å². The SMILES string of the molecule is CCCCSc1nc2n(n1)C(c1cc(Br)c(OC)c(OCC)c1)C(C(=O)OC(C)C)=C(C)N2. The number of unbranched alkanes of at least 4 members (excludes halogenated alkanes) is 1. The van der Waals surface area contributed by atoms with E-state index in [4.69, 9.17) is 19.3 Å². The molecule has 8 nitrogen and oxygen atoms in total. The second-order valence-corrected chi connectivity index (χ2v) is 9.77. The van der Waals surface area contributed by atoms with Crippen molar-refractivity contribution in [1.29, 1.82) is 0 Å². The van der Waals surface area contributed by atoms with Crippen LogP contribution < -0.4 is 14.8 Å². The largest absolute Gasteiger partial charge is 0.492 e. The fraction of sp³-hybridized carbons (Fsp3) is 0.522. The van der Waals surface area contributed by atoms with Gasteiger partial charge in [-0.1, -0.05) is 25.1 Å². The average Bonchev–Trinajstić information content (AvgIpc) is 3.14. The van der Waals surface area contributed by atoms with Crippen molar-refractivity contribution in [3.05, 3.63) is 33.4 Å². The molecule has 1 aliphatic rings. The fourth-order valence-corrected chi connectivity index (χ4v) is 5.09. The standard InChI is InChI=1S/C23H31BrN4O4S/c1-7-9-10-33-23-26-22-25-14(5)18(21(29)32-13(3)4)19(28(22)27-23)15-11-16(24)20(30-6)17(12-15)31-8-2/h11-13,19H,7-10H2,1-6H3,(H,25,26,27). The number of nitrogens with one attached hydrogen (secondary N) is 1. The zero-order valence-electron chi connectivity index (χ0n) is 19.9. The summed E-state index contributed by atoms with van der Waals surface area (Å²) in [6, 6.07) is 3.26. The van der Waals surface area contributed by atoms with Crippen LogP contribution in [0.1, 0.15) is 59.1 Å². The van der Waals surface area contributed by atoms with Crippen molar-refractivity contribution < 1.29 is 19.0 Å². The third kappa shape index (κ3) is 5.66. The van der Waals surface area contributed by atoms with Crippen molar-refractivity contribution in [2.45, 2.75) is 64.8 Å². The summed E-state index contributed by atoms with van der Waals surface area (Å²) in [7, 11) is 1.59. The zero-order chi connectivity index (χ0) is 24.1. The number of hydrogen-bond donors (Lipinski definition) is 1. The van der Waals surface area contributed by atoms with E-state index in [0.29, 0.717) is 40.5 Å². The van der Waals surface area contributed by atoms with Gasteiger partial charge < -0.3 is 19.5 Å². The molecule has 0 saturated heterocycles. The number of carbonyl (C=O) groups excluding carboxylic acids is 1. The molecule has 2 heterocycles. The first-order valence-corrected chi connectivity index (χ1v) is 12.9. The van der Waals surface area contributed by atoms with E-state index in [9.17, 15) is 4.79 Å². The lowest BCUT2D eigenvalue weighted by molar-refractivity contribution is -0.143. The number of ether oxygens (including phenoxy) is 3. The summed E-state index contributed by atoms with van der Waals surface area (Å²) in [5, 5.41) is 8.66. The number of esters is 1. The quantitative estimate of drug-likeness (QED) is 0.238. The number of rotatable bonds is 10. The molecule has 1 N–H and O–H groups in total. The highest BCUT2D eigenvalue weighted by molar-refractivity contribution is 9.10. The molecular weight excluding hydrogens is 508 g/mol. The van der Waals surface area contributed by atoms with E-state index in [2.05, 4.69) is 33.2 Å². The molecule has 0 amide bonds. The Labute approximate surface area is 207 Å². The number of nitrogens with zero attached hydrogens (tertiary/aromatic N) is 3. The van der Waals surface area contributed by atoms with E-state index in [-0.39, 0.29) is 6.10 Å². The van der Waals surface area contributed by atoms with Crippen molar-refractivity contribution in [2.24, 2.45) is 0 Å². The van der Waals surface area contributed by atoms with Gasteiger partial charge >= 0.3 is 5.97 Å². The van der Waals surface area contributed by atoms with Gasteiger partial charge in [-0.15, -0.1) is 5.10 Å². The van der Waals surface area contributed by atoms with Crippen LogP contribution in [0.15, 0.2) is 33.0 Å². The van der Waals surface area contributed by atoms with Gasteiger partial charge in [0.25, 0.3) is 0 Å². The Hall–Kier alpha value is -2.20. The van der Waals surface area contributed by atoms with Gasteiger partial charge in [0, 0.05) is 11.4 Å². The van der Waals surface area contributed by atoms with Crippen LogP contribution in [0, 0.1) is 0 Å². The Morgan fingerprint density at radius 2 is 2.09 bits per heavy atom. The van der Waals surface area contributed by atoms with E-state index in [1.165, 1.54) is 0 Å². The third-order valence-corrected chi connectivity index (χ3v) is 6.49. The third-order valence-electron chi connectivity index (χ3n) is 4.98. The number of hydrogen-bond acceptors (Lipinski definition) is 8. The van der Waals surface area contributed by atoms with Crippen LogP contribution in [0.5, 0.6) is 11.5 Å². The number of halogens is 1. The molecule has 3 rings (SSSR count). The fourth-order valence-electron chi connectivity index (χ4n) is 3.56. The minimum Gasteiger partial charge on any atom is -0.492 e. The highest BCUT2D eigenvalue weighted by atomic mass is 79.9. The monoisotopic (exact) mass is 538 g/mol. The Morgan fingerprint density at radius 3 is 2.73 bits per heavy atom. The van der Waals surface area contributed by atoms with E-state index in [1.54, 1.807) is 23.6 Å². The highest BCUT2D eigenvalue weighted by Gasteiger charge is 2.36. The molecule has 1 unspecified atom stereocenters. The van der Waals surface area contributed by atoms with Crippen LogP contribution in [0.3, 0.4) is 0 Å². The molecule has 0 bridgehead atoms. The molecule has 2 aromatic rings. The Balaban J connectivity index is 2.14. The first-order chi connectivity index (χ1) is 15.8. The maximum absolute atomic E-state index is 13.2. The highest BCUT2D eigenvalue weighted by Crippen LogP contribution is 2.43. The number of allylic oxidation sites excluding steroid dienone is 1. The molecule has 10 heteroatoms. The van der Waals surface area contributed by atoms with Gasteiger partial charge in [0.15, 0.2) is 11.5 Å². The van der Waals surface area contributed by atoms with Crippen LogP contribution in [-0.4, -0.2) is 46.3 Å². The van der Waals surface area contributed by atoms with E-state index in [0.717, 1.165) is 28.6 Å². The van der Waals surface area contributed by atoms with Crippen molar-refractivity contribution >= 4 is 39.6 Å². The summed E-state index contributed by atoms with van der Waals surface area (Å²) >= 11 is 5.20. The zero-order valence-corrected chi connectivity index (χ0v) is 22.3. The van der Waals surface area contributed by atoms with Crippen molar-refractivity contribution in [1.82, 2.24) is 14.8 Å². The maximum Gasteiger partial charge on any atom is 0.338 e. The lowest BCUT2D eigenvalue weighted by Gasteiger charge is -2.29. The molecule has 1 atom stereocenters. The smallest absolute Gasteiger partial charge is 0.338 e. The molecule has 0 fully saturated rings. The molecule has 0 radical (unpaired) electrons. The summed E-state index contributed by atoms with van der Waals surface area (Å²) in [6.07, 6.45) is 1.93. The number of aromatic nitrogens is 3. The van der Waals surface area contributed by atoms with Crippen LogP contribution in [0.25, 0.3) is 0 Å². The molecule has 1 aromatic heterocycles. The van der Waals surface area contributed by atoms with Crippen molar-refractivity contribution in [3.8, 4) is 11.5 Å². The molecule has 1 aromatic carbocycles. The number of carbonyl (C=O) groups is 1. The molecule has 1 aliphatic heterocycles. The van der Waals surface area contributed by atoms with Gasteiger partial charge in [-0.2, -0.15) is 4.98 Å². The van der Waals surface area contributed by atoms with E-state index >= 15 is 0 Å². The summed E-state index contributed by atoms with van der Waals surface area (Å²) in [4.78, 5) is 17.9. The van der Waals surface area contributed by atoms with Gasteiger partial charge in [0.1, 0.15) is 6.04 Å². The van der Waals surface area contributed by atoms with Gasteiger partial charge in [-0.25, -0.2) is 9.48 Å². The Bertz CT molecular complexity index is 1040. The minimum atomic E-state index is -0.540. The molecule has 33 heavy (non-hydrogen) atoms. The summed E-state index contributed by atoms with van der Waals surface area (Å²) in [5.41, 5.74) is 1.96. The topological polar surface area (TPSA) is 87.5 Å². The average molecular weight is 539 g/mol. The van der Waals surface area contributed by atoms with Crippen molar-refractivity contribution in [2.75, 3.05) is 24.8 Å². The van der Waals surface area contributed by atoms with Crippen LogP contribution >= 0.6 is 27.7 Å². The second kappa shape index (κ2) is 11.3. The Kier molecular flexibility index (Phi) is 8.69. The molecule has 0 aliphatic carbocycles. The number of benzene rings is 1. The van der Waals surface area contributed by atoms with Gasteiger partial charge in [0.2, 0.25) is 11.1 Å². The molecule has 0 saturated carbocycles. The van der Waals surface area contributed by atoms with Gasteiger partial charge in [-0.3, -0.25) is 0 Å². The Morgan fingerprint density at radius 1 is 1.33 bits per heavy atom. The summed E-state index contributed by atoms with van der Waals surface area (Å²) < 4.78 is 19.4. The lowest BCUT2D eigenvalue weighted by Crippen LogP contribution is -2.30. The number of methoxy groups -OCH3 is 1. The maximum atomic E-state index is 13.2. The first kappa shape index (κ1) is 25.4. The molecular formula is C23H31BrN4O4S. The van der Waals surface area contributed by atoms with Crippen LogP contribution in [0.4, 0.5) is 5.95 Å². The summed E-state index contributed by atoms with van der Waals surface area (Å²) in [6.45, 7) is 10.1. The summed E-state index contributed by atoms with van der Waals surface area (Å²) in [5.74, 6) is 2.29. The predicted octanol–water partition coefficient (Wildman–Crippen LogP) is 5.58. The van der Waals surface area contributed by atoms with Gasteiger partial charge in [0.05, 0.1) is 29.9 Å². The minimum absolute atomic E-state index is 0.252.